The lowest BCUT2D eigenvalue weighted by molar-refractivity contribution is -0.0129. The molecule has 2 saturated heterocycles. The van der Waals surface area contributed by atoms with E-state index in [-0.39, 0.29) is 65.6 Å². The molecule has 0 spiro atoms. The average molecular weight is 1020 g/mol. The lowest BCUT2D eigenvalue weighted by Gasteiger charge is -2.53. The summed E-state index contributed by atoms with van der Waals surface area (Å²) in [5.74, 6) is 7.66. The fraction of sp³-hybridized carbons (Fsp3) is 0.597. The van der Waals surface area contributed by atoms with Crippen LogP contribution in [0.5, 0.6) is 0 Å². The van der Waals surface area contributed by atoms with E-state index in [1.165, 1.54) is 90.9 Å². The van der Waals surface area contributed by atoms with E-state index in [2.05, 4.69) is 148 Å². The molecule has 7 nitrogen and oxygen atoms in total. The Morgan fingerprint density at radius 1 is 0.720 bits per heavy atom. The third-order valence-corrected chi connectivity index (χ3v) is 24.4. The quantitative estimate of drug-likeness (QED) is 0.283. The van der Waals surface area contributed by atoms with Crippen molar-refractivity contribution < 1.29 is 9.15 Å². The number of likely N-dealkylation sites (tertiary alicyclic amines) is 1. The van der Waals surface area contributed by atoms with E-state index in [1.54, 1.807) is 4.91 Å². The van der Waals surface area contributed by atoms with Crippen molar-refractivity contribution >= 4 is 23.4 Å². The fourth-order valence-electron chi connectivity index (χ4n) is 19.5. The number of fused-ring (bicyclic) bond motifs is 15. The maximum atomic E-state index is 11.9. The molecular formula is C67H79N5O2S. The molecule has 8 heteroatoms. The summed E-state index contributed by atoms with van der Waals surface area (Å²) in [7, 11) is 0. The Hall–Kier alpha value is -4.26. The first kappa shape index (κ1) is 46.8. The summed E-state index contributed by atoms with van der Waals surface area (Å²) < 4.78 is 14.3. The Labute approximate surface area is 451 Å². The zero-order chi connectivity index (χ0) is 49.5. The summed E-state index contributed by atoms with van der Waals surface area (Å²) in [5.41, 5.74) is 7.21. The van der Waals surface area contributed by atoms with E-state index in [0.717, 1.165) is 93.5 Å². The van der Waals surface area contributed by atoms with Gasteiger partial charge < -0.3 is 14.1 Å². The summed E-state index contributed by atoms with van der Waals surface area (Å²) in [6.45, 7) is 2.46. The molecule has 20 unspecified atom stereocenters. The summed E-state index contributed by atoms with van der Waals surface area (Å²) in [4.78, 5) is 7.67. The van der Waals surface area contributed by atoms with Crippen molar-refractivity contribution in [3.8, 4) is 6.07 Å². The van der Waals surface area contributed by atoms with Crippen LogP contribution in [0, 0.1) is 70.0 Å². The largest absolute Gasteiger partial charge is 0.493 e. The van der Waals surface area contributed by atoms with Crippen LogP contribution < -0.4 is 10.6 Å². The predicted octanol–water partition coefficient (Wildman–Crippen LogP) is 13.2. The highest BCUT2D eigenvalue weighted by Gasteiger charge is 2.63. The van der Waals surface area contributed by atoms with E-state index in [1.807, 2.05) is 0 Å². The van der Waals surface area contributed by atoms with Crippen LogP contribution in [0.25, 0.3) is 11.6 Å². The third-order valence-electron chi connectivity index (χ3n) is 22.8. The Bertz CT molecular complexity index is 2900. The maximum absolute atomic E-state index is 11.9. The van der Waals surface area contributed by atoms with Crippen LogP contribution in [-0.4, -0.2) is 69.6 Å². The zero-order valence-electron chi connectivity index (χ0n) is 44.3. The molecule has 2 N–H and O–H groups in total. The molecule has 1 aromatic rings. The molecule has 10 aliphatic carbocycles. The van der Waals surface area contributed by atoms with Crippen LogP contribution in [0.3, 0.4) is 0 Å². The molecule has 390 valence electrons. The molecule has 2 saturated carbocycles. The number of nitrogens with zero attached hydrogens (tertiary/aromatic N) is 3. The van der Waals surface area contributed by atoms with Gasteiger partial charge in [0.15, 0.2) is 0 Å². The van der Waals surface area contributed by atoms with Gasteiger partial charge in [-0.15, -0.1) is 11.8 Å². The molecule has 0 radical (unpaired) electrons. The smallest absolute Gasteiger partial charge is 0.136 e. The molecule has 1 aromatic heterocycles. The van der Waals surface area contributed by atoms with Crippen molar-refractivity contribution in [1.82, 2.24) is 20.4 Å². The van der Waals surface area contributed by atoms with Gasteiger partial charge in [-0.05, 0) is 169 Å². The minimum Gasteiger partial charge on any atom is -0.493 e. The van der Waals surface area contributed by atoms with E-state index >= 15 is 0 Å². The molecule has 16 rings (SSSR count). The van der Waals surface area contributed by atoms with Crippen molar-refractivity contribution in [3.63, 3.8) is 0 Å². The van der Waals surface area contributed by atoms with Crippen molar-refractivity contribution in [3.05, 3.63) is 142 Å². The van der Waals surface area contributed by atoms with E-state index in [0.29, 0.717) is 35.8 Å². The molecule has 5 aliphatic heterocycles. The van der Waals surface area contributed by atoms with Crippen LogP contribution in [0.1, 0.15) is 139 Å². The normalized spacial score (nSPS) is 45.6. The first-order valence-corrected chi connectivity index (χ1v) is 31.4. The van der Waals surface area contributed by atoms with Gasteiger partial charge in [0.1, 0.15) is 23.4 Å². The monoisotopic (exact) mass is 1020 g/mol. The maximum Gasteiger partial charge on any atom is 0.136 e. The fourth-order valence-corrected chi connectivity index (χ4v) is 21.3. The van der Waals surface area contributed by atoms with Gasteiger partial charge in [0, 0.05) is 87.7 Å². The number of ether oxygens (including phenoxy) is 1. The Morgan fingerprint density at radius 2 is 1.61 bits per heavy atom. The predicted molar refractivity (Wildman–Crippen MR) is 301 cm³/mol. The summed E-state index contributed by atoms with van der Waals surface area (Å²) in [5, 5.41) is 21.6. The number of nitriles is 1. The lowest BCUT2D eigenvalue weighted by Crippen LogP contribution is -2.62. The van der Waals surface area contributed by atoms with Crippen LogP contribution in [0.15, 0.2) is 124 Å². The number of hydrogen-bond acceptors (Lipinski definition) is 8. The molecule has 0 amide bonds. The number of thioether (sulfide) groups is 1. The summed E-state index contributed by atoms with van der Waals surface area (Å²) in [6, 6.07) is 4.72. The van der Waals surface area contributed by atoms with Crippen LogP contribution in [-0.2, 0) is 17.6 Å². The zero-order valence-corrected chi connectivity index (χ0v) is 45.1. The Morgan fingerprint density at radius 3 is 2.55 bits per heavy atom. The minimum absolute atomic E-state index is 0.0950. The lowest BCUT2D eigenvalue weighted by atomic mass is 9.64. The van der Waals surface area contributed by atoms with E-state index < -0.39 is 0 Å². The van der Waals surface area contributed by atoms with Crippen molar-refractivity contribution in [2.75, 3.05) is 0 Å². The van der Waals surface area contributed by atoms with Crippen LogP contribution in [0.4, 0.5) is 0 Å². The van der Waals surface area contributed by atoms with E-state index in [9.17, 15) is 5.26 Å². The summed E-state index contributed by atoms with van der Waals surface area (Å²) in [6.07, 6.45) is 64.5. The van der Waals surface area contributed by atoms with E-state index in [4.69, 9.17) is 9.15 Å². The molecule has 4 fully saturated rings. The molecule has 0 bridgehead atoms. The number of furan rings is 1. The minimum atomic E-state index is -0.113. The van der Waals surface area contributed by atoms with Crippen molar-refractivity contribution in [1.29, 1.82) is 5.26 Å². The van der Waals surface area contributed by atoms with Crippen LogP contribution >= 0.6 is 11.8 Å². The Balaban J connectivity index is 0.797. The number of rotatable bonds is 5. The number of hydrogen-bond donors (Lipinski definition) is 2. The topological polar surface area (TPSA) is 76.7 Å². The number of allylic oxidation sites excluding steroid dienone is 12. The van der Waals surface area contributed by atoms with Gasteiger partial charge in [0.05, 0.1) is 29.6 Å². The highest BCUT2D eigenvalue weighted by atomic mass is 32.2. The molecule has 20 atom stereocenters. The number of nitrogens with one attached hydrogen (secondary N) is 2. The average Bonchev–Trinajstić information content (AvgIpc) is 4.37. The van der Waals surface area contributed by atoms with Gasteiger partial charge >= 0.3 is 0 Å². The molecular weight excluding hydrogens is 939 g/mol. The molecule has 0 aromatic carbocycles. The first-order chi connectivity index (χ1) is 37.0. The second kappa shape index (κ2) is 18.4. The standard InChI is InChI=1S/C67H79N5O2S/c1-67-34-33-55-63(65(67)74-59-25-13-9-21-49(59)67)47-20-6-11-23-53(47)71(55)56-37-57(72-52-22-10-5-19-46(52)62-54(72)32-29-45-42-17-7-12-24-58(42)73-64(45)62)48(35-41(56)38-68)51-31-30-50(69-66(70-51)39-15-3-2-4-16-39)40-27-28-44-43-18-8-14-26-60(43)75-61(44)36-40/h2-3,5,9-12,19,21-24,26,30-31,33-34,39-41,43-44,46-48,50-53,55-57,61,63,65-66,69-70H,4,6-8,13-18,20,25,27-29,32,35-37H2,1H3. The highest BCUT2D eigenvalue weighted by Crippen LogP contribution is 2.61. The van der Waals surface area contributed by atoms with Gasteiger partial charge in [-0.1, -0.05) is 97.2 Å². The van der Waals surface area contributed by atoms with Crippen molar-refractivity contribution in [2.45, 2.75) is 189 Å². The first-order valence-electron chi connectivity index (χ1n) is 30.5. The van der Waals surface area contributed by atoms with Gasteiger partial charge in [0.25, 0.3) is 0 Å². The Kier molecular flexibility index (Phi) is 11.5. The van der Waals surface area contributed by atoms with Gasteiger partial charge in [-0.25, -0.2) is 0 Å². The van der Waals surface area contributed by atoms with Gasteiger partial charge in [-0.3, -0.25) is 15.5 Å². The molecule has 15 aliphatic rings. The second-order valence-electron chi connectivity index (χ2n) is 26.2. The van der Waals surface area contributed by atoms with Gasteiger partial charge in [0.2, 0.25) is 0 Å². The SMILES string of the molecule is CC12C=CC3C(C4CCC=CC4N3C3CC(N4C5=C(c6oc7c(c6CC5)CCC=C7)C5C=CC=CC54)C(C4C=CC(C5CCC6C(C5)SC5=CCCCC56)NC(C5CC=CCC5)N4)CC3C#N)C1OC1=C2C=CCC1. The highest BCUT2D eigenvalue weighted by molar-refractivity contribution is 8.04. The van der Waals surface area contributed by atoms with Crippen molar-refractivity contribution in [2.24, 2.45) is 58.7 Å². The van der Waals surface area contributed by atoms with Crippen LogP contribution in [0.2, 0.25) is 0 Å². The third kappa shape index (κ3) is 7.27. The second-order valence-corrected chi connectivity index (χ2v) is 27.5. The van der Waals surface area contributed by atoms with Gasteiger partial charge in [-0.2, -0.15) is 5.26 Å². The molecule has 75 heavy (non-hydrogen) atoms. The molecule has 6 heterocycles. The summed E-state index contributed by atoms with van der Waals surface area (Å²) >= 11 is 2.27.